The van der Waals surface area contributed by atoms with Crippen molar-refractivity contribution in [3.8, 4) is 0 Å². The van der Waals surface area contributed by atoms with E-state index in [1.165, 1.54) is 64.2 Å². The monoisotopic (exact) mass is 699 g/mol. The fourth-order valence-corrected chi connectivity index (χ4v) is 14.5. The number of hydrogen-bond acceptors (Lipinski definition) is 6. The SMILES string of the molecule is CC(C)C1CCC2C(CCC3C(C)(COC(=O)C(O)C(O)C(=O)OCC4(C)CCCC5(C)C6CCC(C(C)C)CC6CCC45)CCCC23C)C1. The molecule has 14 atom stereocenters. The minimum Gasteiger partial charge on any atom is -0.463 e. The first-order valence-corrected chi connectivity index (χ1v) is 21.2. The average Bonchev–Trinajstić information content (AvgIpc) is 3.08. The largest absolute Gasteiger partial charge is 0.463 e. The zero-order valence-corrected chi connectivity index (χ0v) is 33.2. The highest BCUT2D eigenvalue weighted by Crippen LogP contribution is 2.66. The quantitative estimate of drug-likeness (QED) is 0.233. The molecule has 6 heteroatoms. The van der Waals surface area contributed by atoms with Gasteiger partial charge in [-0.2, -0.15) is 0 Å². The van der Waals surface area contributed by atoms with Gasteiger partial charge in [0.05, 0.1) is 13.2 Å². The Labute approximate surface area is 305 Å². The summed E-state index contributed by atoms with van der Waals surface area (Å²) in [5, 5.41) is 21.7. The Morgan fingerprint density at radius 2 is 0.960 bits per heavy atom. The molecule has 0 aliphatic heterocycles. The van der Waals surface area contributed by atoms with Crippen molar-refractivity contribution in [2.24, 2.45) is 80.8 Å². The van der Waals surface area contributed by atoms with Crippen LogP contribution in [0.3, 0.4) is 0 Å². The lowest BCUT2D eigenvalue weighted by Crippen LogP contribution is -2.55. The van der Waals surface area contributed by atoms with Crippen molar-refractivity contribution in [3.05, 3.63) is 0 Å². The van der Waals surface area contributed by atoms with Gasteiger partial charge >= 0.3 is 11.9 Å². The number of carbonyl (C=O) groups excluding carboxylic acids is 2. The third-order valence-electron chi connectivity index (χ3n) is 17.3. The van der Waals surface area contributed by atoms with Gasteiger partial charge in [-0.3, -0.25) is 0 Å². The van der Waals surface area contributed by atoms with Crippen LogP contribution in [0.1, 0.15) is 158 Å². The van der Waals surface area contributed by atoms with Gasteiger partial charge in [0, 0.05) is 10.8 Å². The van der Waals surface area contributed by atoms with Gasteiger partial charge in [-0.1, -0.05) is 68.2 Å². The molecule has 50 heavy (non-hydrogen) atoms. The molecular weight excluding hydrogens is 624 g/mol. The highest BCUT2D eigenvalue weighted by molar-refractivity contribution is 5.85. The summed E-state index contributed by atoms with van der Waals surface area (Å²) in [6, 6.07) is 0. The minimum absolute atomic E-state index is 0.178. The molecule has 6 aliphatic rings. The first-order chi connectivity index (χ1) is 23.5. The van der Waals surface area contributed by atoms with E-state index >= 15 is 0 Å². The molecule has 0 bridgehead atoms. The number of ether oxygens (including phenoxy) is 2. The summed E-state index contributed by atoms with van der Waals surface area (Å²) in [4.78, 5) is 26.4. The fraction of sp³-hybridized carbons (Fsp3) is 0.955. The van der Waals surface area contributed by atoms with E-state index in [1.54, 1.807) is 0 Å². The van der Waals surface area contributed by atoms with Crippen molar-refractivity contribution in [1.82, 2.24) is 0 Å². The number of fused-ring (bicyclic) bond motifs is 6. The Bertz CT molecular complexity index is 1120. The average molecular weight is 699 g/mol. The molecular formula is C44H74O6. The second-order valence-electron chi connectivity index (χ2n) is 20.8. The number of hydrogen-bond donors (Lipinski definition) is 2. The summed E-state index contributed by atoms with van der Waals surface area (Å²) < 4.78 is 11.6. The van der Waals surface area contributed by atoms with Crippen LogP contribution in [0, 0.1) is 80.8 Å². The van der Waals surface area contributed by atoms with Gasteiger partial charge in [-0.05, 0) is 160 Å². The molecule has 0 radical (unpaired) electrons. The van der Waals surface area contributed by atoms with Crippen LogP contribution in [0.15, 0.2) is 0 Å². The molecule has 286 valence electrons. The summed E-state index contributed by atoms with van der Waals surface area (Å²) in [5.74, 6) is 5.33. The van der Waals surface area contributed by atoms with E-state index in [0.717, 1.165) is 85.9 Å². The zero-order chi connectivity index (χ0) is 36.2. The van der Waals surface area contributed by atoms with Crippen LogP contribution in [0.5, 0.6) is 0 Å². The van der Waals surface area contributed by atoms with E-state index in [1.807, 2.05) is 0 Å². The maximum Gasteiger partial charge on any atom is 0.338 e. The van der Waals surface area contributed by atoms with Gasteiger partial charge in [0.15, 0.2) is 12.2 Å². The highest BCUT2D eigenvalue weighted by Gasteiger charge is 2.59. The molecule has 0 aromatic rings. The number of carbonyl (C=O) groups is 2. The number of aliphatic hydroxyl groups is 2. The fourth-order valence-electron chi connectivity index (χ4n) is 14.5. The lowest BCUT2D eigenvalue weighted by Gasteiger charge is -2.61. The molecule has 6 rings (SSSR count). The van der Waals surface area contributed by atoms with Crippen LogP contribution in [-0.4, -0.2) is 47.6 Å². The predicted molar refractivity (Wildman–Crippen MR) is 198 cm³/mol. The molecule has 0 saturated heterocycles. The van der Waals surface area contributed by atoms with Gasteiger partial charge in [0.1, 0.15) is 0 Å². The zero-order valence-electron chi connectivity index (χ0n) is 33.2. The van der Waals surface area contributed by atoms with Crippen molar-refractivity contribution in [3.63, 3.8) is 0 Å². The minimum atomic E-state index is -1.95. The van der Waals surface area contributed by atoms with Crippen molar-refractivity contribution < 1.29 is 29.3 Å². The van der Waals surface area contributed by atoms with Crippen molar-refractivity contribution >= 4 is 11.9 Å². The Balaban J connectivity index is 1.02. The van der Waals surface area contributed by atoms with E-state index < -0.39 is 24.1 Å². The van der Waals surface area contributed by atoms with Crippen LogP contribution in [-0.2, 0) is 19.1 Å². The van der Waals surface area contributed by atoms with Crippen molar-refractivity contribution in [2.45, 2.75) is 170 Å². The topological polar surface area (TPSA) is 93.1 Å². The number of esters is 2. The van der Waals surface area contributed by atoms with E-state index in [0.29, 0.717) is 11.8 Å². The van der Waals surface area contributed by atoms with Crippen LogP contribution >= 0.6 is 0 Å². The normalized spacial score (nSPS) is 45.8. The number of aliphatic hydroxyl groups excluding tert-OH is 2. The summed E-state index contributed by atoms with van der Waals surface area (Å²) in [6.45, 7) is 19.5. The van der Waals surface area contributed by atoms with Gasteiger partial charge in [0.2, 0.25) is 0 Å². The maximum atomic E-state index is 13.2. The Kier molecular flexibility index (Phi) is 11.3. The molecule has 14 unspecified atom stereocenters. The summed E-state index contributed by atoms with van der Waals surface area (Å²) >= 11 is 0. The molecule has 0 aromatic carbocycles. The second kappa shape index (κ2) is 14.6. The van der Waals surface area contributed by atoms with Gasteiger partial charge in [0.25, 0.3) is 0 Å². The second-order valence-corrected chi connectivity index (χ2v) is 20.8. The first kappa shape index (κ1) is 38.6. The lowest BCUT2D eigenvalue weighted by molar-refractivity contribution is -0.186. The van der Waals surface area contributed by atoms with Crippen LogP contribution < -0.4 is 0 Å². The third kappa shape index (κ3) is 6.98. The Hall–Kier alpha value is -1.14. The van der Waals surface area contributed by atoms with Crippen LogP contribution in [0.4, 0.5) is 0 Å². The molecule has 0 heterocycles. The van der Waals surface area contributed by atoms with E-state index in [9.17, 15) is 19.8 Å². The molecule has 0 amide bonds. The molecule has 6 fully saturated rings. The molecule has 0 spiro atoms. The first-order valence-electron chi connectivity index (χ1n) is 21.2. The van der Waals surface area contributed by atoms with Crippen molar-refractivity contribution in [2.75, 3.05) is 13.2 Å². The van der Waals surface area contributed by atoms with E-state index in [2.05, 4.69) is 55.4 Å². The van der Waals surface area contributed by atoms with E-state index in [4.69, 9.17) is 9.47 Å². The van der Waals surface area contributed by atoms with Gasteiger partial charge in [-0.25, -0.2) is 9.59 Å². The summed E-state index contributed by atoms with van der Waals surface area (Å²) in [7, 11) is 0. The Morgan fingerprint density at radius 3 is 1.32 bits per heavy atom. The Morgan fingerprint density at radius 1 is 0.580 bits per heavy atom. The van der Waals surface area contributed by atoms with Crippen LogP contribution in [0.25, 0.3) is 0 Å². The third-order valence-corrected chi connectivity index (χ3v) is 17.3. The highest BCUT2D eigenvalue weighted by atomic mass is 16.6. The van der Waals surface area contributed by atoms with Gasteiger partial charge < -0.3 is 19.7 Å². The van der Waals surface area contributed by atoms with Crippen LogP contribution in [0.2, 0.25) is 0 Å². The molecule has 6 saturated carbocycles. The smallest absolute Gasteiger partial charge is 0.338 e. The molecule has 6 aliphatic carbocycles. The number of rotatable bonds is 9. The molecule has 6 nitrogen and oxygen atoms in total. The van der Waals surface area contributed by atoms with E-state index in [-0.39, 0.29) is 34.9 Å². The summed E-state index contributed by atoms with van der Waals surface area (Å²) in [6.07, 6.45) is 15.6. The standard InChI is InChI=1S/C44H74O6/c1-27(2)29-11-15-33-31(23-29)13-17-35-41(5,19-9-21-43(33,35)7)25-49-39(47)37(45)38(46)40(48)50-26-42(6)20-10-22-44(8)34-16-12-30(28(3)4)24-32(34)14-18-36(42)44/h27-38,45-46H,9-26H2,1-8H3. The molecule has 0 aromatic heterocycles. The maximum absolute atomic E-state index is 13.2. The van der Waals surface area contributed by atoms with Gasteiger partial charge in [-0.15, -0.1) is 0 Å². The predicted octanol–water partition coefficient (Wildman–Crippen LogP) is 9.38. The summed E-state index contributed by atoms with van der Waals surface area (Å²) in [5.41, 5.74) is 0.125. The molecule has 2 N–H and O–H groups in total. The van der Waals surface area contributed by atoms with Crippen molar-refractivity contribution in [1.29, 1.82) is 0 Å². The lowest BCUT2D eigenvalue weighted by atomic mass is 9.44.